The molecule has 2 saturated heterocycles. The van der Waals surface area contributed by atoms with Crippen LogP contribution in [0.3, 0.4) is 0 Å². The van der Waals surface area contributed by atoms with E-state index in [0.29, 0.717) is 6.42 Å². The van der Waals surface area contributed by atoms with Gasteiger partial charge in [-0.3, -0.25) is 14.4 Å². The zero-order valence-corrected chi connectivity index (χ0v) is 19.1. The van der Waals surface area contributed by atoms with E-state index < -0.39 is 0 Å². The molecule has 1 aromatic rings. The van der Waals surface area contributed by atoms with Gasteiger partial charge in [-0.15, -0.1) is 24.8 Å². The Bertz CT molecular complexity index is 615. The average Bonchev–Trinajstić information content (AvgIpc) is 3.11. The molecule has 0 unspecified atom stereocenters. The van der Waals surface area contributed by atoms with Crippen LogP contribution in [0.25, 0.3) is 0 Å². The number of rotatable bonds is 5. The van der Waals surface area contributed by atoms with Crippen molar-refractivity contribution in [2.75, 3.05) is 59.4 Å². The molecule has 0 radical (unpaired) electrons. The molecular formula is C20H36Cl2N6O. The second-order valence-corrected chi connectivity index (χ2v) is 8.45. The highest BCUT2D eigenvalue weighted by Gasteiger charge is 2.24. The molecule has 0 spiro atoms. The molecule has 7 nitrogen and oxygen atoms in total. The van der Waals surface area contributed by atoms with Crippen LogP contribution in [0.2, 0.25) is 0 Å². The van der Waals surface area contributed by atoms with Crippen LogP contribution in [0.15, 0.2) is 6.07 Å². The molecular weight excluding hydrogens is 411 g/mol. The third-order valence-electron chi connectivity index (χ3n) is 6.39. The molecule has 0 bridgehead atoms. The van der Waals surface area contributed by atoms with Crippen molar-refractivity contribution in [1.82, 2.24) is 29.8 Å². The average molecular weight is 447 g/mol. The number of amides is 1. The van der Waals surface area contributed by atoms with Gasteiger partial charge in [-0.25, -0.2) is 0 Å². The molecule has 4 rings (SSSR count). The highest BCUT2D eigenvalue weighted by atomic mass is 35.5. The number of carbonyl (C=O) groups excluding carboxylic acids is 1. The van der Waals surface area contributed by atoms with Gasteiger partial charge in [0.05, 0.1) is 17.9 Å². The third-order valence-corrected chi connectivity index (χ3v) is 6.39. The number of piperidine rings is 1. The first-order valence-electron chi connectivity index (χ1n) is 10.6. The lowest BCUT2D eigenvalue weighted by atomic mass is 9.96. The maximum atomic E-state index is 12.6. The summed E-state index contributed by atoms with van der Waals surface area (Å²) in [6.45, 7) is 10.3. The maximum Gasteiger partial charge on any atom is 0.223 e. The van der Waals surface area contributed by atoms with Crippen molar-refractivity contribution >= 4 is 30.7 Å². The number of piperazine rings is 1. The van der Waals surface area contributed by atoms with E-state index in [9.17, 15) is 4.79 Å². The molecule has 0 aromatic carbocycles. The number of carbonyl (C=O) groups is 1. The first-order valence-corrected chi connectivity index (χ1v) is 10.6. The lowest BCUT2D eigenvalue weighted by molar-refractivity contribution is -0.133. The number of aromatic nitrogens is 2. The first kappa shape index (κ1) is 24.4. The first-order chi connectivity index (χ1) is 13.2. The van der Waals surface area contributed by atoms with E-state index in [0.717, 1.165) is 63.8 Å². The van der Waals surface area contributed by atoms with Crippen LogP contribution < -0.4 is 5.32 Å². The predicted molar refractivity (Wildman–Crippen MR) is 120 cm³/mol. The molecule has 4 heterocycles. The summed E-state index contributed by atoms with van der Waals surface area (Å²) in [5.74, 6) is 1.13. The zero-order chi connectivity index (χ0) is 18.6. The van der Waals surface area contributed by atoms with Crippen molar-refractivity contribution in [3.8, 4) is 0 Å². The Morgan fingerprint density at radius 3 is 2.52 bits per heavy atom. The van der Waals surface area contributed by atoms with Crippen LogP contribution in [0.4, 0.5) is 0 Å². The summed E-state index contributed by atoms with van der Waals surface area (Å²) in [6, 6.07) is 2.15. The topological polar surface area (TPSA) is 56.6 Å². The summed E-state index contributed by atoms with van der Waals surface area (Å²) in [5, 5.41) is 8.01. The van der Waals surface area contributed by atoms with Crippen molar-refractivity contribution in [3.05, 3.63) is 17.5 Å². The zero-order valence-electron chi connectivity index (χ0n) is 17.5. The summed E-state index contributed by atoms with van der Waals surface area (Å²) < 4.78 is 2.08. The molecule has 0 saturated carbocycles. The minimum atomic E-state index is 0. The van der Waals surface area contributed by atoms with Crippen molar-refractivity contribution < 1.29 is 4.79 Å². The fraction of sp³-hybridized carbons (Fsp3) is 0.800. The molecule has 0 atom stereocenters. The fourth-order valence-electron chi connectivity index (χ4n) is 4.56. The van der Waals surface area contributed by atoms with E-state index in [4.69, 9.17) is 0 Å². The molecule has 1 N–H and O–H groups in total. The summed E-state index contributed by atoms with van der Waals surface area (Å²) in [5.41, 5.74) is 2.30. The Kier molecular flexibility index (Phi) is 9.69. The van der Waals surface area contributed by atoms with Crippen molar-refractivity contribution in [2.24, 2.45) is 5.92 Å². The molecule has 3 aliphatic heterocycles. The highest BCUT2D eigenvalue weighted by molar-refractivity contribution is 5.85. The van der Waals surface area contributed by atoms with Gasteiger partial charge in [0, 0.05) is 58.7 Å². The summed E-state index contributed by atoms with van der Waals surface area (Å²) in [4.78, 5) is 19.7. The minimum absolute atomic E-state index is 0. The number of likely N-dealkylation sites (tertiary alicyclic amines) is 1. The van der Waals surface area contributed by atoms with E-state index in [2.05, 4.69) is 42.9 Å². The number of aryl methyl sites for hydroxylation is 1. The summed E-state index contributed by atoms with van der Waals surface area (Å²) in [7, 11) is 2.22. The van der Waals surface area contributed by atoms with Crippen molar-refractivity contribution in [3.63, 3.8) is 0 Å². The Labute approximate surface area is 187 Å². The molecule has 29 heavy (non-hydrogen) atoms. The molecule has 3 aliphatic rings. The second kappa shape index (κ2) is 11.5. The van der Waals surface area contributed by atoms with Gasteiger partial charge >= 0.3 is 0 Å². The minimum Gasteiger partial charge on any atom is -0.340 e. The SMILES string of the molecule is CN1CCC(CN2CCN(C(=O)CCc3cc4n(n3)CCNC4)CC2)CC1.Cl.Cl. The van der Waals surface area contributed by atoms with Crippen molar-refractivity contribution in [1.29, 1.82) is 0 Å². The number of fused-ring (bicyclic) bond motifs is 1. The maximum absolute atomic E-state index is 12.6. The molecule has 2 fully saturated rings. The smallest absolute Gasteiger partial charge is 0.223 e. The largest absolute Gasteiger partial charge is 0.340 e. The number of nitrogens with one attached hydrogen (secondary N) is 1. The molecule has 1 amide bonds. The lowest BCUT2D eigenvalue weighted by Gasteiger charge is -2.38. The van der Waals surface area contributed by atoms with E-state index >= 15 is 0 Å². The van der Waals surface area contributed by atoms with E-state index in [1.165, 1.54) is 38.2 Å². The van der Waals surface area contributed by atoms with Crippen LogP contribution in [-0.4, -0.2) is 89.8 Å². The molecule has 0 aliphatic carbocycles. The van der Waals surface area contributed by atoms with Crippen LogP contribution in [0.5, 0.6) is 0 Å². The van der Waals surface area contributed by atoms with Gasteiger partial charge in [0.25, 0.3) is 0 Å². The van der Waals surface area contributed by atoms with Crippen molar-refractivity contribution in [2.45, 2.75) is 38.8 Å². The number of halogens is 2. The molecule has 166 valence electrons. The number of hydrogen-bond donors (Lipinski definition) is 1. The van der Waals surface area contributed by atoms with Gasteiger partial charge in [-0.1, -0.05) is 0 Å². The van der Waals surface area contributed by atoms with Crippen LogP contribution in [-0.2, 0) is 24.3 Å². The van der Waals surface area contributed by atoms with Gasteiger partial charge in [-0.2, -0.15) is 5.10 Å². The Hall–Kier alpha value is -0.860. The monoisotopic (exact) mass is 446 g/mol. The third kappa shape index (κ3) is 6.56. The lowest BCUT2D eigenvalue weighted by Crippen LogP contribution is -2.50. The highest BCUT2D eigenvalue weighted by Crippen LogP contribution is 2.18. The second-order valence-electron chi connectivity index (χ2n) is 8.45. The molecule has 9 heteroatoms. The van der Waals surface area contributed by atoms with E-state index in [-0.39, 0.29) is 30.7 Å². The van der Waals surface area contributed by atoms with Crippen LogP contribution in [0.1, 0.15) is 30.7 Å². The van der Waals surface area contributed by atoms with Gasteiger partial charge in [0.15, 0.2) is 0 Å². The Morgan fingerprint density at radius 2 is 1.83 bits per heavy atom. The normalized spacial score (nSPS) is 21.2. The van der Waals surface area contributed by atoms with Gasteiger partial charge in [-0.05, 0) is 45.0 Å². The summed E-state index contributed by atoms with van der Waals surface area (Å²) >= 11 is 0. The fourth-order valence-corrected chi connectivity index (χ4v) is 4.56. The number of hydrogen-bond acceptors (Lipinski definition) is 5. The summed E-state index contributed by atoms with van der Waals surface area (Å²) in [6.07, 6.45) is 3.98. The van der Waals surface area contributed by atoms with Gasteiger partial charge in [0.1, 0.15) is 0 Å². The quantitative estimate of drug-likeness (QED) is 0.737. The van der Waals surface area contributed by atoms with Crippen LogP contribution >= 0.6 is 24.8 Å². The van der Waals surface area contributed by atoms with E-state index in [1.807, 2.05) is 0 Å². The van der Waals surface area contributed by atoms with E-state index in [1.54, 1.807) is 0 Å². The predicted octanol–water partition coefficient (Wildman–Crippen LogP) is 1.25. The molecule has 1 aromatic heterocycles. The van der Waals surface area contributed by atoms with Gasteiger partial charge < -0.3 is 15.1 Å². The standard InChI is InChI=1S/C20H34N6O.2ClH/c1-23-7-4-17(5-8-23)16-24-10-12-25(13-11-24)20(27)3-2-18-14-19-15-21-6-9-26(19)22-18;;/h14,17,21H,2-13,15-16H2,1H3;2*1H. The Balaban J connectivity index is 0.00000150. The van der Waals surface area contributed by atoms with Gasteiger partial charge in [0.2, 0.25) is 5.91 Å². The number of nitrogens with zero attached hydrogens (tertiary/aromatic N) is 5. The Morgan fingerprint density at radius 1 is 1.10 bits per heavy atom. The van der Waals surface area contributed by atoms with Crippen LogP contribution in [0, 0.1) is 5.92 Å².